The van der Waals surface area contributed by atoms with Crippen LogP contribution in [0.2, 0.25) is 0 Å². The van der Waals surface area contributed by atoms with Crippen molar-refractivity contribution in [2.45, 2.75) is 50.6 Å². The highest BCUT2D eigenvalue weighted by Crippen LogP contribution is 2.32. The van der Waals surface area contributed by atoms with Crippen LogP contribution >= 0.6 is 0 Å². The van der Waals surface area contributed by atoms with Crippen LogP contribution in [0.5, 0.6) is 0 Å². The van der Waals surface area contributed by atoms with E-state index in [2.05, 4.69) is 5.32 Å². The van der Waals surface area contributed by atoms with Gasteiger partial charge in [0.1, 0.15) is 0 Å². The van der Waals surface area contributed by atoms with E-state index in [4.69, 9.17) is 0 Å². The molecule has 1 saturated carbocycles. The molecule has 1 saturated heterocycles. The van der Waals surface area contributed by atoms with Crippen LogP contribution in [0.15, 0.2) is 0 Å². The molecule has 0 aromatic rings. The molecule has 0 aromatic heterocycles. The molecule has 15 heavy (non-hydrogen) atoms. The summed E-state index contributed by atoms with van der Waals surface area (Å²) < 4.78 is 0. The number of hydrogen-bond donors (Lipinski definition) is 1. The molecule has 1 heterocycles. The summed E-state index contributed by atoms with van der Waals surface area (Å²) in [6, 6.07) is 0.695. The number of amides is 1. The van der Waals surface area contributed by atoms with Crippen LogP contribution < -0.4 is 5.32 Å². The fourth-order valence-corrected chi connectivity index (χ4v) is 3.00. The van der Waals surface area contributed by atoms with Crippen LogP contribution in [-0.2, 0) is 4.79 Å². The van der Waals surface area contributed by atoms with Gasteiger partial charge < -0.3 is 10.2 Å². The minimum absolute atomic E-state index is 0.0827. The van der Waals surface area contributed by atoms with Crippen LogP contribution in [0, 0.1) is 5.92 Å². The zero-order valence-corrected chi connectivity index (χ0v) is 9.83. The monoisotopic (exact) mass is 210 g/mol. The van der Waals surface area contributed by atoms with Crippen molar-refractivity contribution in [1.82, 2.24) is 10.2 Å². The van der Waals surface area contributed by atoms with E-state index >= 15 is 0 Å². The van der Waals surface area contributed by atoms with Crippen molar-refractivity contribution in [3.63, 3.8) is 0 Å². The van der Waals surface area contributed by atoms with Crippen LogP contribution in [0.3, 0.4) is 0 Å². The fourth-order valence-electron chi connectivity index (χ4n) is 3.00. The lowest BCUT2D eigenvalue weighted by molar-refractivity contribution is -0.132. The summed E-state index contributed by atoms with van der Waals surface area (Å²) in [6.07, 6.45) is 7.61. The number of hydrogen-bond acceptors (Lipinski definition) is 2. The molecular formula is C12H22N2O. The Morgan fingerprint density at radius 3 is 2.60 bits per heavy atom. The normalized spacial score (nSPS) is 35.7. The smallest absolute Gasteiger partial charge is 0.239 e. The van der Waals surface area contributed by atoms with Gasteiger partial charge in [-0.3, -0.25) is 4.79 Å². The second-order valence-electron chi connectivity index (χ2n) is 5.18. The van der Waals surface area contributed by atoms with E-state index in [0.29, 0.717) is 6.04 Å². The number of piperidine rings is 1. The summed E-state index contributed by atoms with van der Waals surface area (Å²) in [4.78, 5) is 13.5. The lowest BCUT2D eigenvalue weighted by Crippen LogP contribution is -2.54. The number of nitrogens with one attached hydrogen (secondary N) is 1. The molecule has 3 unspecified atom stereocenters. The fraction of sp³-hybridized carbons (Fsp3) is 0.917. The van der Waals surface area contributed by atoms with Crippen LogP contribution in [-0.4, -0.2) is 37.0 Å². The molecule has 2 fully saturated rings. The van der Waals surface area contributed by atoms with E-state index in [1.807, 2.05) is 14.1 Å². The first-order valence-electron chi connectivity index (χ1n) is 6.15. The third-order valence-electron chi connectivity index (χ3n) is 3.89. The van der Waals surface area contributed by atoms with Gasteiger partial charge in [0.25, 0.3) is 0 Å². The maximum atomic E-state index is 11.8. The highest BCUT2D eigenvalue weighted by atomic mass is 16.2. The molecule has 1 aliphatic carbocycles. The van der Waals surface area contributed by atoms with E-state index in [-0.39, 0.29) is 11.9 Å². The Balaban J connectivity index is 1.93. The van der Waals surface area contributed by atoms with Gasteiger partial charge in [-0.15, -0.1) is 0 Å². The molecule has 3 atom stereocenters. The predicted molar refractivity (Wildman–Crippen MR) is 60.6 cm³/mol. The standard InChI is InChI=1S/C12H22N2O/c1-14(2)12(15)11-8-7-9-5-3-4-6-10(9)13-11/h9-11,13H,3-8H2,1-2H3. The molecule has 0 radical (unpaired) electrons. The van der Waals surface area contributed by atoms with Crippen molar-refractivity contribution < 1.29 is 4.79 Å². The third-order valence-corrected chi connectivity index (χ3v) is 3.89. The van der Waals surface area contributed by atoms with Crippen molar-refractivity contribution in [3.05, 3.63) is 0 Å². The van der Waals surface area contributed by atoms with Gasteiger partial charge >= 0.3 is 0 Å². The molecular weight excluding hydrogens is 188 g/mol. The first kappa shape index (κ1) is 10.9. The van der Waals surface area contributed by atoms with E-state index in [1.54, 1.807) is 4.90 Å². The molecule has 2 aliphatic rings. The van der Waals surface area contributed by atoms with Gasteiger partial charge in [-0.2, -0.15) is 0 Å². The second-order valence-corrected chi connectivity index (χ2v) is 5.18. The topological polar surface area (TPSA) is 32.3 Å². The average Bonchev–Trinajstić information content (AvgIpc) is 2.27. The van der Waals surface area contributed by atoms with Crippen LogP contribution in [0.1, 0.15) is 38.5 Å². The summed E-state index contributed by atoms with van der Waals surface area (Å²) in [5.74, 6) is 1.09. The zero-order valence-electron chi connectivity index (χ0n) is 9.83. The molecule has 0 spiro atoms. The Morgan fingerprint density at radius 2 is 1.87 bits per heavy atom. The Labute approximate surface area is 92.2 Å². The maximum absolute atomic E-state index is 11.8. The summed E-state index contributed by atoms with van der Waals surface area (Å²) in [5.41, 5.74) is 0. The number of nitrogens with zero attached hydrogens (tertiary/aromatic N) is 1. The lowest BCUT2D eigenvalue weighted by atomic mass is 9.77. The van der Waals surface area contributed by atoms with E-state index < -0.39 is 0 Å². The Kier molecular flexibility index (Phi) is 3.29. The van der Waals surface area contributed by atoms with Crippen LogP contribution in [0.25, 0.3) is 0 Å². The van der Waals surface area contributed by atoms with Gasteiger partial charge in [0.2, 0.25) is 5.91 Å². The predicted octanol–water partition coefficient (Wildman–Crippen LogP) is 1.39. The summed E-state index contributed by atoms with van der Waals surface area (Å²) >= 11 is 0. The lowest BCUT2D eigenvalue weighted by Gasteiger charge is -2.40. The van der Waals surface area contributed by atoms with Crippen molar-refractivity contribution in [2.24, 2.45) is 5.92 Å². The number of carbonyl (C=O) groups excluding carboxylic acids is 1. The number of likely N-dealkylation sites (N-methyl/N-ethyl adjacent to an activating group) is 1. The van der Waals surface area contributed by atoms with Crippen molar-refractivity contribution >= 4 is 5.91 Å². The Morgan fingerprint density at radius 1 is 1.13 bits per heavy atom. The van der Waals surface area contributed by atoms with E-state index in [1.165, 1.54) is 32.1 Å². The molecule has 1 N–H and O–H groups in total. The molecule has 0 bridgehead atoms. The van der Waals surface area contributed by atoms with Gasteiger partial charge in [0.15, 0.2) is 0 Å². The first-order valence-corrected chi connectivity index (χ1v) is 6.15. The first-order chi connectivity index (χ1) is 7.18. The highest BCUT2D eigenvalue weighted by Gasteiger charge is 2.34. The second kappa shape index (κ2) is 4.52. The molecule has 3 heteroatoms. The maximum Gasteiger partial charge on any atom is 0.239 e. The molecule has 2 rings (SSSR count). The number of fused-ring (bicyclic) bond motifs is 1. The van der Waals surface area contributed by atoms with Gasteiger partial charge in [0.05, 0.1) is 6.04 Å². The van der Waals surface area contributed by atoms with Gasteiger partial charge in [-0.1, -0.05) is 12.8 Å². The van der Waals surface area contributed by atoms with Gasteiger partial charge in [-0.05, 0) is 31.6 Å². The Bertz CT molecular complexity index is 240. The minimum atomic E-state index is 0.0827. The third kappa shape index (κ3) is 2.33. The molecule has 1 aliphatic heterocycles. The minimum Gasteiger partial charge on any atom is -0.347 e. The largest absolute Gasteiger partial charge is 0.347 e. The summed E-state index contributed by atoms with van der Waals surface area (Å²) in [5, 5.41) is 3.55. The van der Waals surface area contributed by atoms with Crippen LogP contribution in [0.4, 0.5) is 0 Å². The highest BCUT2D eigenvalue weighted by molar-refractivity contribution is 5.81. The average molecular weight is 210 g/mol. The number of rotatable bonds is 1. The molecule has 1 amide bonds. The van der Waals surface area contributed by atoms with Gasteiger partial charge in [0, 0.05) is 20.1 Å². The quantitative estimate of drug-likeness (QED) is 0.709. The molecule has 0 aromatic carbocycles. The van der Waals surface area contributed by atoms with E-state index in [9.17, 15) is 4.79 Å². The van der Waals surface area contributed by atoms with Gasteiger partial charge in [-0.25, -0.2) is 0 Å². The van der Waals surface area contributed by atoms with E-state index in [0.717, 1.165) is 12.3 Å². The van der Waals surface area contributed by atoms with Crippen molar-refractivity contribution in [1.29, 1.82) is 0 Å². The summed E-state index contributed by atoms with van der Waals surface area (Å²) in [6.45, 7) is 0. The Hall–Kier alpha value is -0.570. The SMILES string of the molecule is CN(C)C(=O)C1CCC2CCCCC2N1. The summed E-state index contributed by atoms with van der Waals surface area (Å²) in [7, 11) is 3.69. The number of carbonyl (C=O) groups is 1. The zero-order chi connectivity index (χ0) is 10.8. The molecule has 3 nitrogen and oxygen atoms in total. The van der Waals surface area contributed by atoms with Crippen molar-refractivity contribution in [2.75, 3.05) is 14.1 Å². The molecule has 86 valence electrons. The van der Waals surface area contributed by atoms with Crippen molar-refractivity contribution in [3.8, 4) is 0 Å².